The van der Waals surface area contributed by atoms with Crippen LogP contribution in [0.2, 0.25) is 5.02 Å². The predicted octanol–water partition coefficient (Wildman–Crippen LogP) is 4.53. The number of H-pyrrole nitrogens is 1. The highest BCUT2D eigenvalue weighted by Crippen LogP contribution is 2.41. The smallest absolute Gasteiger partial charge is 0.304 e. The molecule has 126 valence electrons. The van der Waals surface area contributed by atoms with E-state index in [4.69, 9.17) is 28.8 Å². The Labute approximate surface area is 158 Å². The fourth-order valence-corrected chi connectivity index (χ4v) is 4.46. The summed E-state index contributed by atoms with van der Waals surface area (Å²) < 4.78 is 1.95. The number of hydrogen-bond acceptors (Lipinski definition) is 4. The van der Waals surface area contributed by atoms with E-state index >= 15 is 0 Å². The Kier molecular flexibility index (Phi) is 3.98. The van der Waals surface area contributed by atoms with Crippen molar-refractivity contribution in [3.63, 3.8) is 0 Å². The van der Waals surface area contributed by atoms with E-state index in [0.29, 0.717) is 9.66 Å². The number of aryl methyl sites for hydroxylation is 2. The summed E-state index contributed by atoms with van der Waals surface area (Å²) in [6.45, 7) is 1.99. The van der Waals surface area contributed by atoms with Crippen LogP contribution in [0.4, 0.5) is 0 Å². The molecule has 2 aromatic heterocycles. The summed E-state index contributed by atoms with van der Waals surface area (Å²) in [5.74, 6) is -0.155. The monoisotopic (exact) mass is 387 g/mol. The number of aromatic amines is 1. The second-order valence-electron chi connectivity index (χ2n) is 5.98. The van der Waals surface area contributed by atoms with Crippen molar-refractivity contribution in [2.45, 2.75) is 12.8 Å². The number of fused-ring (bicyclic) bond motifs is 2. The van der Waals surface area contributed by atoms with Gasteiger partial charge in [-0.15, -0.1) is 11.3 Å². The number of aromatic nitrogens is 3. The summed E-state index contributed by atoms with van der Waals surface area (Å²) in [4.78, 5) is 20.5. The van der Waals surface area contributed by atoms with Crippen LogP contribution in [0.25, 0.3) is 12.2 Å². The maximum Gasteiger partial charge on any atom is 0.326 e. The van der Waals surface area contributed by atoms with Crippen LogP contribution >= 0.6 is 35.2 Å². The molecule has 1 atom stereocenters. The van der Waals surface area contributed by atoms with Crippen molar-refractivity contribution in [1.29, 1.82) is 0 Å². The fourth-order valence-electron chi connectivity index (χ4n) is 3.15. The van der Waals surface area contributed by atoms with Gasteiger partial charge >= 0.3 is 5.69 Å². The highest BCUT2D eigenvalue weighted by Gasteiger charge is 2.28. The van der Waals surface area contributed by atoms with Crippen LogP contribution in [0.5, 0.6) is 0 Å². The van der Waals surface area contributed by atoms with E-state index in [9.17, 15) is 4.79 Å². The Morgan fingerprint density at radius 1 is 1.32 bits per heavy atom. The molecule has 0 saturated heterocycles. The third kappa shape index (κ3) is 2.80. The second-order valence-corrected chi connectivity index (χ2v) is 8.06. The van der Waals surface area contributed by atoms with Crippen LogP contribution in [0.15, 0.2) is 29.2 Å². The fraction of sp³-hybridized carbons (Fsp3) is 0.167. The lowest BCUT2D eigenvalue weighted by Crippen LogP contribution is -2.22. The summed E-state index contributed by atoms with van der Waals surface area (Å²) >= 11 is 13.3. The van der Waals surface area contributed by atoms with Gasteiger partial charge in [0, 0.05) is 23.8 Å². The van der Waals surface area contributed by atoms with E-state index in [2.05, 4.69) is 17.1 Å². The molecule has 0 radical (unpaired) electrons. The molecule has 0 fully saturated rings. The lowest BCUT2D eigenvalue weighted by Gasteiger charge is -2.19. The van der Waals surface area contributed by atoms with Crippen molar-refractivity contribution in [3.05, 3.63) is 76.8 Å². The first-order chi connectivity index (χ1) is 11.9. The summed E-state index contributed by atoms with van der Waals surface area (Å²) in [5.41, 5.74) is 3.69. The summed E-state index contributed by atoms with van der Waals surface area (Å²) in [7, 11) is 1.71. The molecule has 2 heterocycles. The molecule has 1 aliphatic carbocycles. The molecule has 4 rings (SSSR count). The van der Waals surface area contributed by atoms with Crippen molar-refractivity contribution in [2.24, 2.45) is 7.05 Å². The lowest BCUT2D eigenvalue weighted by molar-refractivity contribution is 0.769. The molecule has 1 aromatic carbocycles. The minimum atomic E-state index is -0.230. The first-order valence-corrected chi connectivity index (χ1v) is 9.29. The molecule has 7 heteroatoms. The average Bonchev–Trinajstić information content (AvgIpc) is 2.86. The van der Waals surface area contributed by atoms with Crippen molar-refractivity contribution in [2.75, 3.05) is 0 Å². The molecular formula is C18H14ClN3OS2. The van der Waals surface area contributed by atoms with Gasteiger partial charge in [-0.25, -0.2) is 9.78 Å². The van der Waals surface area contributed by atoms with E-state index in [1.807, 2.05) is 25.1 Å². The minimum absolute atomic E-state index is 0.155. The second kappa shape index (κ2) is 6.05. The van der Waals surface area contributed by atoms with Crippen molar-refractivity contribution < 1.29 is 0 Å². The highest BCUT2D eigenvalue weighted by molar-refractivity contribution is 7.71. The number of nitrogens with zero attached hydrogens (tertiary/aromatic N) is 2. The normalized spacial score (nSPS) is 15.6. The molecule has 0 aliphatic heterocycles. The zero-order valence-electron chi connectivity index (χ0n) is 13.5. The van der Waals surface area contributed by atoms with E-state index in [1.165, 1.54) is 4.57 Å². The Hall–Kier alpha value is -2.02. The van der Waals surface area contributed by atoms with Gasteiger partial charge in [-0.3, -0.25) is 4.98 Å². The van der Waals surface area contributed by atoms with E-state index in [0.717, 1.165) is 32.3 Å². The summed E-state index contributed by atoms with van der Waals surface area (Å²) in [6, 6.07) is 5.83. The van der Waals surface area contributed by atoms with Crippen LogP contribution < -0.4 is 5.69 Å². The Morgan fingerprint density at radius 2 is 2.12 bits per heavy atom. The van der Waals surface area contributed by atoms with Gasteiger partial charge in [0.1, 0.15) is 4.64 Å². The third-order valence-corrected chi connectivity index (χ3v) is 5.81. The number of nitrogens with one attached hydrogen (secondary N) is 1. The SMILES string of the molecule is Cc1nc2c(s1)C=Cc1cc(Cl)ccc1C2c1cn(C)c(=O)[nH]c1=S. The summed E-state index contributed by atoms with van der Waals surface area (Å²) in [5, 5.41) is 1.68. The van der Waals surface area contributed by atoms with E-state index in [1.54, 1.807) is 24.6 Å². The number of hydrogen-bond donors (Lipinski definition) is 1. The molecule has 0 bridgehead atoms. The van der Waals surface area contributed by atoms with Crippen molar-refractivity contribution in [3.8, 4) is 0 Å². The molecule has 1 N–H and O–H groups in total. The maximum atomic E-state index is 11.9. The largest absolute Gasteiger partial charge is 0.326 e. The molecule has 0 amide bonds. The van der Waals surface area contributed by atoms with Crippen LogP contribution in [0.3, 0.4) is 0 Å². The standard InChI is InChI=1S/C18H14ClN3OS2/c1-9-20-16-14(25-9)6-3-10-7-11(19)4-5-12(10)15(16)13-8-22(2)18(23)21-17(13)24/h3-8,15H,1-2H3,(H,21,23,24). The number of rotatable bonds is 1. The average molecular weight is 388 g/mol. The lowest BCUT2D eigenvalue weighted by atomic mass is 9.88. The first kappa shape index (κ1) is 16.4. The zero-order valence-corrected chi connectivity index (χ0v) is 15.9. The molecule has 1 unspecified atom stereocenters. The van der Waals surface area contributed by atoms with Crippen molar-refractivity contribution in [1.82, 2.24) is 14.5 Å². The van der Waals surface area contributed by atoms with Gasteiger partial charge in [0.15, 0.2) is 0 Å². The molecular weight excluding hydrogens is 374 g/mol. The summed E-state index contributed by atoms with van der Waals surface area (Å²) in [6.07, 6.45) is 5.93. The Balaban J connectivity index is 2.07. The van der Waals surface area contributed by atoms with Gasteiger partial charge in [-0.2, -0.15) is 0 Å². The third-order valence-electron chi connectivity index (χ3n) is 4.28. The van der Waals surface area contributed by atoms with Gasteiger partial charge in [0.25, 0.3) is 0 Å². The molecule has 3 aromatic rings. The molecule has 0 saturated carbocycles. The zero-order chi connectivity index (χ0) is 17.7. The molecule has 0 spiro atoms. The van der Waals surface area contributed by atoms with Crippen LogP contribution in [0.1, 0.15) is 38.2 Å². The van der Waals surface area contributed by atoms with Crippen LogP contribution in [0, 0.1) is 11.6 Å². The quantitative estimate of drug-likeness (QED) is 0.488. The Morgan fingerprint density at radius 3 is 2.92 bits per heavy atom. The van der Waals surface area contributed by atoms with E-state index < -0.39 is 0 Å². The van der Waals surface area contributed by atoms with Crippen LogP contribution in [-0.2, 0) is 7.05 Å². The number of thiazole rings is 1. The predicted molar refractivity (Wildman–Crippen MR) is 105 cm³/mol. The van der Waals surface area contributed by atoms with Crippen LogP contribution in [-0.4, -0.2) is 14.5 Å². The maximum absolute atomic E-state index is 11.9. The molecule has 1 aliphatic rings. The van der Waals surface area contributed by atoms with Gasteiger partial charge in [0.05, 0.1) is 21.5 Å². The topological polar surface area (TPSA) is 50.7 Å². The molecule has 4 nitrogen and oxygen atoms in total. The minimum Gasteiger partial charge on any atom is -0.304 e. The number of halogens is 1. The van der Waals surface area contributed by atoms with Gasteiger partial charge in [-0.1, -0.05) is 36.0 Å². The highest BCUT2D eigenvalue weighted by atomic mass is 35.5. The Bertz CT molecular complexity index is 1140. The van der Waals surface area contributed by atoms with Gasteiger partial charge in [0.2, 0.25) is 0 Å². The molecule has 25 heavy (non-hydrogen) atoms. The van der Waals surface area contributed by atoms with Gasteiger partial charge < -0.3 is 4.57 Å². The van der Waals surface area contributed by atoms with Gasteiger partial charge in [-0.05, 0) is 36.3 Å². The van der Waals surface area contributed by atoms with E-state index in [-0.39, 0.29) is 11.6 Å². The first-order valence-electron chi connectivity index (χ1n) is 7.69. The van der Waals surface area contributed by atoms with Crippen molar-refractivity contribution >= 4 is 47.3 Å². The number of benzene rings is 1.